The summed E-state index contributed by atoms with van der Waals surface area (Å²) in [5, 5.41) is 9.14. The van der Waals surface area contributed by atoms with E-state index < -0.39 is 16.0 Å². The van der Waals surface area contributed by atoms with Gasteiger partial charge in [-0.3, -0.25) is 0 Å². The van der Waals surface area contributed by atoms with E-state index in [4.69, 9.17) is 5.11 Å². The van der Waals surface area contributed by atoms with Crippen LogP contribution in [0.1, 0.15) is 50.0 Å². The van der Waals surface area contributed by atoms with E-state index in [0.29, 0.717) is 13.1 Å². The average molecular weight is 314 g/mol. The minimum absolute atomic E-state index is 0.00656. The number of nitrogens with zero attached hydrogens (tertiary/aromatic N) is 1. The molecule has 1 aromatic rings. The number of carboxylic acid groups (broad SMARTS) is 1. The van der Waals surface area contributed by atoms with Crippen molar-refractivity contribution < 1.29 is 18.3 Å². The third-order valence-electron chi connectivity index (χ3n) is 4.12. The third-order valence-corrected chi connectivity index (χ3v) is 5.48. The Morgan fingerprint density at radius 1 is 1.48 bits per heavy atom. The summed E-state index contributed by atoms with van der Waals surface area (Å²) in [5.41, 5.74) is 0.0429. The van der Waals surface area contributed by atoms with Gasteiger partial charge in [-0.1, -0.05) is 20.3 Å². The van der Waals surface area contributed by atoms with Crippen LogP contribution in [0.15, 0.2) is 17.2 Å². The Bertz CT molecular complexity index is 629. The molecule has 0 unspecified atom stereocenters. The van der Waals surface area contributed by atoms with E-state index in [1.165, 1.54) is 16.8 Å². The van der Waals surface area contributed by atoms with Crippen LogP contribution in [-0.4, -0.2) is 30.6 Å². The molecule has 0 spiro atoms. The van der Waals surface area contributed by atoms with E-state index in [-0.39, 0.29) is 16.0 Å². The highest BCUT2D eigenvalue weighted by molar-refractivity contribution is 7.89. The lowest BCUT2D eigenvalue weighted by Crippen LogP contribution is -2.39. The zero-order chi connectivity index (χ0) is 15.7. The summed E-state index contributed by atoms with van der Waals surface area (Å²) in [7, 11) is -3.66. The summed E-state index contributed by atoms with van der Waals surface area (Å²) >= 11 is 0. The largest absolute Gasteiger partial charge is 0.477 e. The van der Waals surface area contributed by atoms with Gasteiger partial charge in [0.2, 0.25) is 10.0 Å². The lowest BCUT2D eigenvalue weighted by molar-refractivity contribution is 0.0685. The van der Waals surface area contributed by atoms with E-state index in [1.807, 2.05) is 6.92 Å². The zero-order valence-corrected chi connectivity index (χ0v) is 13.2. The van der Waals surface area contributed by atoms with E-state index >= 15 is 0 Å². The van der Waals surface area contributed by atoms with Crippen molar-refractivity contribution in [3.05, 3.63) is 18.0 Å². The predicted octanol–water partition coefficient (Wildman–Crippen LogP) is 2.06. The van der Waals surface area contributed by atoms with Crippen molar-refractivity contribution in [3.8, 4) is 0 Å². The first-order chi connectivity index (χ1) is 9.77. The van der Waals surface area contributed by atoms with Crippen molar-refractivity contribution in [2.24, 2.45) is 5.41 Å². The molecule has 0 bridgehead atoms. The molecule has 0 aromatic carbocycles. The van der Waals surface area contributed by atoms with Gasteiger partial charge in [0.05, 0.1) is 0 Å². The lowest BCUT2D eigenvalue weighted by Gasteiger charge is -2.38. The number of carbonyl (C=O) groups is 1. The van der Waals surface area contributed by atoms with Gasteiger partial charge in [-0.05, 0) is 30.7 Å². The molecule has 2 N–H and O–H groups in total. The topological polar surface area (TPSA) is 88.4 Å². The molecule has 0 radical (unpaired) electrons. The van der Waals surface area contributed by atoms with Gasteiger partial charge in [0.1, 0.15) is 10.6 Å². The summed E-state index contributed by atoms with van der Waals surface area (Å²) in [6, 6.07) is 1.23. The molecule has 1 aromatic heterocycles. The van der Waals surface area contributed by atoms with Crippen LogP contribution in [-0.2, 0) is 16.6 Å². The molecule has 21 heavy (non-hydrogen) atoms. The average Bonchev–Trinajstić information content (AvgIpc) is 2.80. The minimum atomic E-state index is -3.66. The quantitative estimate of drug-likeness (QED) is 0.806. The molecule has 1 saturated carbocycles. The Labute approximate surface area is 125 Å². The summed E-state index contributed by atoms with van der Waals surface area (Å²) in [4.78, 5) is 11.2. The number of nitrogens with one attached hydrogen (secondary N) is 1. The number of aromatic nitrogens is 1. The van der Waals surface area contributed by atoms with E-state index in [2.05, 4.69) is 11.6 Å². The Morgan fingerprint density at radius 3 is 2.62 bits per heavy atom. The fraction of sp³-hybridized carbons (Fsp3) is 0.643. The van der Waals surface area contributed by atoms with Crippen molar-refractivity contribution in [2.45, 2.75) is 51.0 Å². The van der Waals surface area contributed by atoms with Crippen LogP contribution < -0.4 is 4.72 Å². The molecule has 2 rings (SSSR count). The highest BCUT2D eigenvalue weighted by Gasteiger charge is 2.33. The van der Waals surface area contributed by atoms with Crippen molar-refractivity contribution in [1.29, 1.82) is 0 Å². The standard InChI is InChI=1S/C14H22N2O4S/c1-3-7-16-9-11(8-12(16)13(17)18)21(19,20)15-10-14(2)5-4-6-14/h8-9,15H,3-7,10H2,1-2H3,(H,17,18). The number of hydrogen-bond donors (Lipinski definition) is 2. The van der Waals surface area contributed by atoms with E-state index in [0.717, 1.165) is 25.7 Å². The number of aryl methyl sites for hydroxylation is 1. The molecule has 0 aliphatic heterocycles. The monoisotopic (exact) mass is 314 g/mol. The second-order valence-corrected chi connectivity index (χ2v) is 7.82. The molecule has 0 saturated heterocycles. The molecule has 0 amide bonds. The molecule has 118 valence electrons. The summed E-state index contributed by atoms with van der Waals surface area (Å²) in [6.07, 6.45) is 5.31. The lowest BCUT2D eigenvalue weighted by atomic mass is 9.71. The smallest absolute Gasteiger partial charge is 0.352 e. The number of rotatable bonds is 7. The van der Waals surface area contributed by atoms with Crippen molar-refractivity contribution in [2.75, 3.05) is 6.54 Å². The zero-order valence-electron chi connectivity index (χ0n) is 12.4. The summed E-state index contributed by atoms with van der Waals surface area (Å²) in [5.74, 6) is -1.11. The van der Waals surface area contributed by atoms with Crippen LogP contribution in [0.2, 0.25) is 0 Å². The Kier molecular flexibility index (Phi) is 4.43. The fourth-order valence-corrected chi connectivity index (χ4v) is 3.78. The molecule has 6 nitrogen and oxygen atoms in total. The summed E-state index contributed by atoms with van der Waals surface area (Å²) < 4.78 is 28.7. The maximum absolute atomic E-state index is 12.3. The van der Waals surface area contributed by atoms with Crippen LogP contribution in [0.4, 0.5) is 0 Å². The normalized spacial score (nSPS) is 17.4. The van der Waals surface area contributed by atoms with Crippen LogP contribution in [0, 0.1) is 5.41 Å². The molecule has 7 heteroatoms. The molecule has 1 aliphatic carbocycles. The van der Waals surface area contributed by atoms with Gasteiger partial charge in [0.15, 0.2) is 0 Å². The molecule has 1 heterocycles. The van der Waals surface area contributed by atoms with Crippen LogP contribution in [0.25, 0.3) is 0 Å². The number of sulfonamides is 1. The molecular formula is C14H22N2O4S. The van der Waals surface area contributed by atoms with Crippen molar-refractivity contribution >= 4 is 16.0 Å². The van der Waals surface area contributed by atoms with Gasteiger partial charge in [0.25, 0.3) is 0 Å². The van der Waals surface area contributed by atoms with Crippen molar-refractivity contribution in [1.82, 2.24) is 9.29 Å². The van der Waals surface area contributed by atoms with Gasteiger partial charge < -0.3 is 9.67 Å². The highest BCUT2D eigenvalue weighted by atomic mass is 32.2. The van der Waals surface area contributed by atoms with Gasteiger partial charge in [-0.2, -0.15) is 0 Å². The van der Waals surface area contributed by atoms with Gasteiger partial charge in [-0.15, -0.1) is 0 Å². The van der Waals surface area contributed by atoms with Crippen LogP contribution >= 0.6 is 0 Å². The van der Waals surface area contributed by atoms with Crippen molar-refractivity contribution in [3.63, 3.8) is 0 Å². The van der Waals surface area contributed by atoms with Crippen LogP contribution in [0.5, 0.6) is 0 Å². The molecule has 1 fully saturated rings. The van der Waals surface area contributed by atoms with Crippen LogP contribution in [0.3, 0.4) is 0 Å². The van der Waals surface area contributed by atoms with Gasteiger partial charge in [0, 0.05) is 19.3 Å². The van der Waals surface area contributed by atoms with Gasteiger partial charge in [-0.25, -0.2) is 17.9 Å². The fourth-order valence-electron chi connectivity index (χ4n) is 2.55. The SMILES string of the molecule is CCCn1cc(S(=O)(=O)NCC2(C)CCC2)cc1C(=O)O. The van der Waals surface area contributed by atoms with Gasteiger partial charge >= 0.3 is 5.97 Å². The Balaban J connectivity index is 2.19. The van der Waals surface area contributed by atoms with E-state index in [1.54, 1.807) is 0 Å². The Morgan fingerprint density at radius 2 is 2.14 bits per heavy atom. The second-order valence-electron chi connectivity index (χ2n) is 6.05. The van der Waals surface area contributed by atoms with E-state index in [9.17, 15) is 13.2 Å². The molecule has 1 aliphatic rings. The highest BCUT2D eigenvalue weighted by Crippen LogP contribution is 2.39. The molecular weight excluding hydrogens is 292 g/mol. The minimum Gasteiger partial charge on any atom is -0.477 e. The number of hydrogen-bond acceptors (Lipinski definition) is 3. The Hall–Kier alpha value is -1.34. The third kappa shape index (κ3) is 3.47. The second kappa shape index (κ2) is 5.81. The first kappa shape index (κ1) is 16.0. The first-order valence-electron chi connectivity index (χ1n) is 7.20. The predicted molar refractivity (Wildman–Crippen MR) is 78.8 cm³/mol. The first-order valence-corrected chi connectivity index (χ1v) is 8.69. The summed E-state index contributed by atoms with van der Waals surface area (Å²) in [6.45, 7) is 4.85. The number of aromatic carboxylic acids is 1. The molecule has 0 atom stereocenters. The number of carboxylic acids is 1. The maximum atomic E-state index is 12.3. The maximum Gasteiger partial charge on any atom is 0.352 e.